The van der Waals surface area contributed by atoms with Crippen LogP contribution in [0.15, 0.2) is 49.1 Å². The second-order valence-corrected chi connectivity index (χ2v) is 6.73. The summed E-state index contributed by atoms with van der Waals surface area (Å²) in [7, 11) is 0. The minimum Gasteiger partial charge on any atom is -0.353 e. The summed E-state index contributed by atoms with van der Waals surface area (Å²) < 4.78 is 0. The molecule has 7 heteroatoms. The topological polar surface area (TPSA) is 70.1 Å². The van der Waals surface area contributed by atoms with Crippen molar-refractivity contribution in [2.75, 3.05) is 41.3 Å². The van der Waals surface area contributed by atoms with Crippen LogP contribution in [0.1, 0.15) is 11.1 Å². The van der Waals surface area contributed by atoms with Gasteiger partial charge in [0.05, 0.1) is 0 Å². The lowest BCUT2D eigenvalue weighted by Gasteiger charge is -2.35. The Morgan fingerprint density at radius 3 is 2.37 bits per heavy atom. The minimum absolute atomic E-state index is 0.789. The highest BCUT2D eigenvalue weighted by Gasteiger charge is 2.20. The van der Waals surface area contributed by atoms with Crippen LogP contribution >= 0.6 is 0 Å². The predicted molar refractivity (Wildman–Crippen MR) is 108 cm³/mol. The van der Waals surface area contributed by atoms with Gasteiger partial charge in [-0.3, -0.25) is 0 Å². The number of nitrogens with one attached hydrogen (secondary N) is 1. The molecule has 4 rings (SSSR count). The lowest BCUT2D eigenvalue weighted by atomic mass is 10.1. The third kappa shape index (κ3) is 3.97. The van der Waals surface area contributed by atoms with Gasteiger partial charge < -0.3 is 15.1 Å². The Kier molecular flexibility index (Phi) is 4.82. The standard InChI is InChI=1S/C20H23N7/c1-15-4-5-16(2)17(12-15)25-18-13-19(24-14-23-18)26-8-10-27(11-9-26)20-21-6-3-7-22-20/h3-7,12-14H,8-11H2,1-2H3,(H,23,24,25). The van der Waals surface area contributed by atoms with Crippen molar-refractivity contribution in [2.24, 2.45) is 0 Å². The summed E-state index contributed by atoms with van der Waals surface area (Å²) >= 11 is 0. The first-order valence-electron chi connectivity index (χ1n) is 9.12. The van der Waals surface area contributed by atoms with Gasteiger partial charge in [-0.25, -0.2) is 19.9 Å². The lowest BCUT2D eigenvalue weighted by molar-refractivity contribution is 0.634. The Balaban J connectivity index is 1.45. The summed E-state index contributed by atoms with van der Waals surface area (Å²) in [5.74, 6) is 2.53. The second-order valence-electron chi connectivity index (χ2n) is 6.73. The average molecular weight is 361 g/mol. The second kappa shape index (κ2) is 7.57. The highest BCUT2D eigenvalue weighted by molar-refractivity contribution is 5.63. The zero-order valence-corrected chi connectivity index (χ0v) is 15.6. The molecule has 1 saturated heterocycles. The van der Waals surface area contributed by atoms with Crippen LogP contribution in [-0.4, -0.2) is 46.1 Å². The first-order chi connectivity index (χ1) is 13.2. The molecule has 0 spiro atoms. The average Bonchev–Trinajstić information content (AvgIpc) is 2.72. The number of aryl methyl sites for hydroxylation is 2. The van der Waals surface area contributed by atoms with Gasteiger partial charge in [-0.2, -0.15) is 0 Å². The number of rotatable bonds is 4. The van der Waals surface area contributed by atoms with E-state index in [1.54, 1.807) is 18.7 Å². The molecule has 1 aliphatic rings. The summed E-state index contributed by atoms with van der Waals surface area (Å²) in [6.45, 7) is 7.67. The van der Waals surface area contributed by atoms with Crippen molar-refractivity contribution in [3.05, 3.63) is 60.2 Å². The molecule has 3 aromatic rings. The molecule has 2 aromatic heterocycles. The molecule has 0 radical (unpaired) electrons. The van der Waals surface area contributed by atoms with Crippen molar-refractivity contribution in [3.63, 3.8) is 0 Å². The van der Waals surface area contributed by atoms with Crippen LogP contribution in [0.3, 0.4) is 0 Å². The van der Waals surface area contributed by atoms with Crippen molar-refractivity contribution >= 4 is 23.3 Å². The zero-order chi connectivity index (χ0) is 18.6. The lowest BCUT2D eigenvalue weighted by Crippen LogP contribution is -2.47. The Bertz CT molecular complexity index is 905. The summed E-state index contributed by atoms with van der Waals surface area (Å²) in [5.41, 5.74) is 3.49. The van der Waals surface area contributed by atoms with E-state index in [1.165, 1.54) is 11.1 Å². The largest absolute Gasteiger partial charge is 0.353 e. The fourth-order valence-electron chi connectivity index (χ4n) is 3.19. The molecule has 0 saturated carbocycles. The van der Waals surface area contributed by atoms with E-state index in [0.717, 1.165) is 49.5 Å². The molecule has 3 heterocycles. The molecular formula is C20H23N7. The van der Waals surface area contributed by atoms with Crippen LogP contribution in [-0.2, 0) is 0 Å². The van der Waals surface area contributed by atoms with Gasteiger partial charge in [0.2, 0.25) is 5.95 Å². The Morgan fingerprint density at radius 1 is 0.852 bits per heavy atom. The third-order valence-electron chi connectivity index (χ3n) is 4.75. The van der Waals surface area contributed by atoms with E-state index in [1.807, 2.05) is 12.1 Å². The number of nitrogens with zero attached hydrogens (tertiary/aromatic N) is 6. The van der Waals surface area contributed by atoms with Gasteiger partial charge in [0, 0.05) is 50.3 Å². The number of benzene rings is 1. The number of aromatic nitrogens is 4. The fourth-order valence-corrected chi connectivity index (χ4v) is 3.19. The number of anilines is 4. The van der Waals surface area contributed by atoms with Gasteiger partial charge in [-0.1, -0.05) is 12.1 Å². The Morgan fingerprint density at radius 2 is 1.59 bits per heavy atom. The van der Waals surface area contributed by atoms with E-state index in [-0.39, 0.29) is 0 Å². The highest BCUT2D eigenvalue weighted by atomic mass is 15.3. The molecule has 138 valence electrons. The molecule has 1 aromatic carbocycles. The quantitative estimate of drug-likeness (QED) is 0.766. The minimum atomic E-state index is 0.789. The summed E-state index contributed by atoms with van der Waals surface area (Å²) in [6, 6.07) is 10.2. The normalized spacial score (nSPS) is 14.3. The van der Waals surface area contributed by atoms with E-state index in [4.69, 9.17) is 0 Å². The van der Waals surface area contributed by atoms with Crippen LogP contribution in [0, 0.1) is 13.8 Å². The summed E-state index contributed by atoms with van der Waals surface area (Å²) in [4.78, 5) is 22.0. The number of hydrogen-bond acceptors (Lipinski definition) is 7. The first-order valence-corrected chi connectivity index (χ1v) is 9.12. The van der Waals surface area contributed by atoms with E-state index in [0.29, 0.717) is 0 Å². The Labute approximate surface area is 159 Å². The molecule has 27 heavy (non-hydrogen) atoms. The van der Waals surface area contributed by atoms with Gasteiger partial charge in [0.15, 0.2) is 0 Å². The molecule has 1 aliphatic heterocycles. The molecule has 1 N–H and O–H groups in total. The zero-order valence-electron chi connectivity index (χ0n) is 15.6. The van der Waals surface area contributed by atoms with Gasteiger partial charge in [0.25, 0.3) is 0 Å². The molecular weight excluding hydrogens is 338 g/mol. The van der Waals surface area contributed by atoms with E-state index in [2.05, 4.69) is 67.1 Å². The van der Waals surface area contributed by atoms with Gasteiger partial charge >= 0.3 is 0 Å². The maximum absolute atomic E-state index is 4.47. The molecule has 0 atom stereocenters. The SMILES string of the molecule is Cc1ccc(C)c(Nc2cc(N3CCN(c4ncccn4)CC3)ncn2)c1. The van der Waals surface area contributed by atoms with Crippen molar-refractivity contribution in [1.82, 2.24) is 19.9 Å². The van der Waals surface area contributed by atoms with Crippen LogP contribution in [0.2, 0.25) is 0 Å². The van der Waals surface area contributed by atoms with Crippen LogP contribution < -0.4 is 15.1 Å². The monoisotopic (exact) mass is 361 g/mol. The Hall–Kier alpha value is -3.22. The highest BCUT2D eigenvalue weighted by Crippen LogP contribution is 2.23. The summed E-state index contributed by atoms with van der Waals surface area (Å²) in [5, 5.41) is 3.42. The molecule has 0 aliphatic carbocycles. The third-order valence-corrected chi connectivity index (χ3v) is 4.75. The van der Waals surface area contributed by atoms with Gasteiger partial charge in [0.1, 0.15) is 18.0 Å². The molecule has 0 amide bonds. The van der Waals surface area contributed by atoms with Crippen LogP contribution in [0.4, 0.5) is 23.3 Å². The summed E-state index contributed by atoms with van der Waals surface area (Å²) in [6.07, 6.45) is 5.18. The smallest absolute Gasteiger partial charge is 0.225 e. The van der Waals surface area contributed by atoms with Crippen LogP contribution in [0.25, 0.3) is 0 Å². The fraction of sp³-hybridized carbons (Fsp3) is 0.300. The van der Waals surface area contributed by atoms with Crippen molar-refractivity contribution in [1.29, 1.82) is 0 Å². The maximum Gasteiger partial charge on any atom is 0.225 e. The van der Waals surface area contributed by atoms with E-state index in [9.17, 15) is 0 Å². The molecule has 0 bridgehead atoms. The number of hydrogen-bond donors (Lipinski definition) is 1. The van der Waals surface area contributed by atoms with Crippen molar-refractivity contribution < 1.29 is 0 Å². The van der Waals surface area contributed by atoms with Crippen molar-refractivity contribution in [3.8, 4) is 0 Å². The van der Waals surface area contributed by atoms with E-state index >= 15 is 0 Å². The van der Waals surface area contributed by atoms with Gasteiger partial charge in [-0.15, -0.1) is 0 Å². The van der Waals surface area contributed by atoms with Gasteiger partial charge in [-0.05, 0) is 37.1 Å². The molecule has 7 nitrogen and oxygen atoms in total. The predicted octanol–water partition coefficient (Wildman–Crippen LogP) is 2.95. The molecule has 0 unspecified atom stereocenters. The maximum atomic E-state index is 4.47. The van der Waals surface area contributed by atoms with Crippen molar-refractivity contribution in [2.45, 2.75) is 13.8 Å². The number of piperazine rings is 1. The first kappa shape index (κ1) is 17.2. The molecule has 1 fully saturated rings. The van der Waals surface area contributed by atoms with Crippen LogP contribution in [0.5, 0.6) is 0 Å². The van der Waals surface area contributed by atoms with E-state index < -0.39 is 0 Å².